The second-order valence-electron chi connectivity index (χ2n) is 4.44. The van der Waals surface area contributed by atoms with Gasteiger partial charge in [0.15, 0.2) is 0 Å². The molecule has 1 rings (SSSR count). The van der Waals surface area contributed by atoms with E-state index in [9.17, 15) is 17.6 Å². The highest BCUT2D eigenvalue weighted by molar-refractivity contribution is 7.89. The van der Waals surface area contributed by atoms with Crippen molar-refractivity contribution in [2.75, 3.05) is 27.2 Å². The smallest absolute Gasteiger partial charge is 0.244 e. The van der Waals surface area contributed by atoms with E-state index in [1.54, 1.807) is 13.0 Å². The van der Waals surface area contributed by atoms with E-state index in [1.165, 1.54) is 25.1 Å². The van der Waals surface area contributed by atoms with Crippen LogP contribution < -0.4 is 0 Å². The van der Waals surface area contributed by atoms with E-state index in [1.807, 2.05) is 0 Å². The van der Waals surface area contributed by atoms with E-state index in [2.05, 4.69) is 0 Å². The summed E-state index contributed by atoms with van der Waals surface area (Å²) in [6.07, 6.45) is 0. The van der Waals surface area contributed by atoms with Gasteiger partial charge in [0.2, 0.25) is 15.9 Å². The zero-order valence-electron chi connectivity index (χ0n) is 12.0. The molecule has 0 aromatic heterocycles. The van der Waals surface area contributed by atoms with Gasteiger partial charge >= 0.3 is 0 Å². The zero-order chi connectivity index (χ0) is 16.2. The minimum Gasteiger partial charge on any atom is -0.348 e. The number of benzene rings is 1. The first kappa shape index (κ1) is 17.1. The third kappa shape index (κ3) is 3.56. The van der Waals surface area contributed by atoms with Crippen molar-refractivity contribution in [3.8, 4) is 6.07 Å². The van der Waals surface area contributed by atoms with Crippen molar-refractivity contribution in [1.29, 1.82) is 5.26 Å². The number of carbonyl (C=O) groups excluding carboxylic acids is 1. The zero-order valence-corrected chi connectivity index (χ0v) is 12.8. The number of nitrogens with zero attached hydrogens (tertiary/aromatic N) is 3. The van der Waals surface area contributed by atoms with Crippen LogP contribution in [0.5, 0.6) is 0 Å². The average Bonchev–Trinajstić information content (AvgIpc) is 2.43. The molecular formula is C13H16FN3O3S. The van der Waals surface area contributed by atoms with Crippen LogP contribution in [0.4, 0.5) is 4.39 Å². The van der Waals surface area contributed by atoms with E-state index in [-0.39, 0.29) is 13.1 Å². The summed E-state index contributed by atoms with van der Waals surface area (Å²) >= 11 is 0. The minimum atomic E-state index is -4.12. The Kier molecular flexibility index (Phi) is 5.41. The standard InChI is InChI=1S/C13H16FN3O3S/c1-4-17(9-13(18)16(2)3)21(19,20)12-7-5-6-11(14)10(12)8-15/h5-7H,4,9H2,1-3H3. The molecule has 0 atom stereocenters. The second kappa shape index (κ2) is 6.65. The van der Waals surface area contributed by atoms with Crippen molar-refractivity contribution in [2.45, 2.75) is 11.8 Å². The van der Waals surface area contributed by atoms with Crippen molar-refractivity contribution in [1.82, 2.24) is 9.21 Å². The molecule has 1 aromatic rings. The molecular weight excluding hydrogens is 297 g/mol. The molecule has 0 aliphatic rings. The molecule has 6 nitrogen and oxygen atoms in total. The van der Waals surface area contributed by atoms with Crippen LogP contribution in [0.15, 0.2) is 23.1 Å². The van der Waals surface area contributed by atoms with Crippen LogP contribution in [-0.4, -0.2) is 50.7 Å². The van der Waals surface area contributed by atoms with Crippen LogP contribution in [0.3, 0.4) is 0 Å². The first-order valence-electron chi connectivity index (χ1n) is 6.14. The molecule has 1 amide bonds. The molecule has 0 heterocycles. The van der Waals surface area contributed by atoms with Crippen molar-refractivity contribution >= 4 is 15.9 Å². The molecule has 0 aliphatic carbocycles. The maximum atomic E-state index is 13.6. The Morgan fingerprint density at radius 1 is 1.38 bits per heavy atom. The van der Waals surface area contributed by atoms with Crippen LogP contribution >= 0.6 is 0 Å². The van der Waals surface area contributed by atoms with Crippen molar-refractivity contribution in [2.24, 2.45) is 0 Å². The Hall–Kier alpha value is -1.98. The van der Waals surface area contributed by atoms with Gasteiger partial charge in [-0.2, -0.15) is 9.57 Å². The minimum absolute atomic E-state index is 0.0310. The summed E-state index contributed by atoms with van der Waals surface area (Å²) in [6.45, 7) is 1.22. The quantitative estimate of drug-likeness (QED) is 0.805. The van der Waals surface area contributed by atoms with Crippen LogP contribution in [0.25, 0.3) is 0 Å². The summed E-state index contributed by atoms with van der Waals surface area (Å²) in [4.78, 5) is 12.5. The molecule has 0 N–H and O–H groups in total. The Morgan fingerprint density at radius 3 is 2.48 bits per heavy atom. The van der Waals surface area contributed by atoms with Gasteiger partial charge in [-0.3, -0.25) is 4.79 Å². The Bertz CT molecular complexity index is 680. The summed E-state index contributed by atoms with van der Waals surface area (Å²) in [5, 5.41) is 8.94. The number of sulfonamides is 1. The van der Waals surface area contributed by atoms with Gasteiger partial charge in [0.05, 0.1) is 6.54 Å². The van der Waals surface area contributed by atoms with Crippen LogP contribution in [0.2, 0.25) is 0 Å². The number of hydrogen-bond acceptors (Lipinski definition) is 4. The van der Waals surface area contributed by atoms with Crippen molar-refractivity contribution in [3.63, 3.8) is 0 Å². The van der Waals surface area contributed by atoms with Gasteiger partial charge < -0.3 is 4.90 Å². The lowest BCUT2D eigenvalue weighted by Crippen LogP contribution is -2.40. The van der Waals surface area contributed by atoms with Crippen LogP contribution in [0, 0.1) is 17.1 Å². The van der Waals surface area contributed by atoms with Crippen molar-refractivity contribution < 1.29 is 17.6 Å². The monoisotopic (exact) mass is 313 g/mol. The normalized spacial score (nSPS) is 11.2. The first-order valence-corrected chi connectivity index (χ1v) is 7.58. The largest absolute Gasteiger partial charge is 0.348 e. The molecule has 0 fully saturated rings. The lowest BCUT2D eigenvalue weighted by atomic mass is 10.2. The maximum absolute atomic E-state index is 13.6. The van der Waals surface area contributed by atoms with Gasteiger partial charge in [0, 0.05) is 20.6 Å². The third-order valence-electron chi connectivity index (χ3n) is 2.87. The van der Waals surface area contributed by atoms with Crippen molar-refractivity contribution in [3.05, 3.63) is 29.6 Å². The number of likely N-dealkylation sites (N-methyl/N-ethyl adjacent to an activating group) is 2. The summed E-state index contributed by atoms with van der Waals surface area (Å²) in [5.74, 6) is -1.32. The van der Waals surface area contributed by atoms with Gasteiger partial charge in [-0.05, 0) is 12.1 Å². The van der Waals surface area contributed by atoms with Crippen LogP contribution in [-0.2, 0) is 14.8 Å². The molecule has 1 aromatic carbocycles. The van der Waals surface area contributed by atoms with E-state index in [0.717, 1.165) is 16.4 Å². The molecule has 0 bridgehead atoms. The fraction of sp³-hybridized carbons (Fsp3) is 0.385. The molecule has 0 unspecified atom stereocenters. The van der Waals surface area contributed by atoms with E-state index < -0.39 is 32.2 Å². The van der Waals surface area contributed by atoms with Gasteiger partial charge in [0.25, 0.3) is 0 Å². The molecule has 0 spiro atoms. The van der Waals surface area contributed by atoms with E-state index in [4.69, 9.17) is 5.26 Å². The maximum Gasteiger partial charge on any atom is 0.244 e. The number of rotatable bonds is 5. The summed E-state index contributed by atoms with van der Waals surface area (Å²) in [7, 11) is -1.11. The Labute approximate surface area is 123 Å². The molecule has 21 heavy (non-hydrogen) atoms. The SMILES string of the molecule is CCN(CC(=O)N(C)C)S(=O)(=O)c1cccc(F)c1C#N. The first-order chi connectivity index (χ1) is 9.75. The van der Waals surface area contributed by atoms with Gasteiger partial charge in [-0.25, -0.2) is 12.8 Å². The van der Waals surface area contributed by atoms with Gasteiger partial charge in [-0.1, -0.05) is 13.0 Å². The topological polar surface area (TPSA) is 81.5 Å². The third-order valence-corrected chi connectivity index (χ3v) is 4.83. The second-order valence-corrected chi connectivity index (χ2v) is 6.35. The predicted molar refractivity (Wildman–Crippen MR) is 74.2 cm³/mol. The van der Waals surface area contributed by atoms with E-state index in [0.29, 0.717) is 0 Å². The molecule has 0 saturated heterocycles. The van der Waals surface area contributed by atoms with E-state index >= 15 is 0 Å². The highest BCUT2D eigenvalue weighted by Gasteiger charge is 2.29. The lowest BCUT2D eigenvalue weighted by Gasteiger charge is -2.22. The number of halogens is 1. The number of carbonyl (C=O) groups is 1. The average molecular weight is 313 g/mol. The highest BCUT2D eigenvalue weighted by Crippen LogP contribution is 2.21. The summed E-state index contributed by atoms with van der Waals surface area (Å²) < 4.78 is 39.4. The molecule has 0 saturated carbocycles. The fourth-order valence-corrected chi connectivity index (χ4v) is 3.18. The number of amides is 1. The number of hydrogen-bond donors (Lipinski definition) is 0. The molecule has 0 aliphatic heterocycles. The van der Waals surface area contributed by atoms with Crippen LogP contribution in [0.1, 0.15) is 12.5 Å². The summed E-state index contributed by atoms with van der Waals surface area (Å²) in [6, 6.07) is 4.93. The number of nitriles is 1. The lowest BCUT2D eigenvalue weighted by molar-refractivity contribution is -0.128. The molecule has 0 radical (unpaired) electrons. The predicted octanol–water partition coefficient (Wildman–Crippen LogP) is 0.796. The van der Waals surface area contributed by atoms with Gasteiger partial charge in [-0.15, -0.1) is 0 Å². The molecule has 114 valence electrons. The van der Waals surface area contributed by atoms with Gasteiger partial charge in [0.1, 0.15) is 22.3 Å². The Balaban J connectivity index is 3.30. The fourth-order valence-electron chi connectivity index (χ4n) is 1.63. The summed E-state index contributed by atoms with van der Waals surface area (Å²) in [5.41, 5.74) is -0.548. The molecule has 8 heteroatoms. The highest BCUT2D eigenvalue weighted by atomic mass is 32.2. The Morgan fingerprint density at radius 2 is 2.00 bits per heavy atom.